The number of phenols is 1. The molecule has 3 aromatic carbocycles. The highest BCUT2D eigenvalue weighted by Gasteiger charge is 2.22. The third-order valence-corrected chi connectivity index (χ3v) is 4.12. The summed E-state index contributed by atoms with van der Waals surface area (Å²) in [5.41, 5.74) is 2.67. The van der Waals surface area contributed by atoms with Crippen LogP contribution in [0.15, 0.2) is 84.9 Å². The maximum Gasteiger partial charge on any atom is 0.120 e. The van der Waals surface area contributed by atoms with Crippen molar-refractivity contribution in [1.29, 1.82) is 0 Å². The Morgan fingerprint density at radius 3 is 1.88 bits per heavy atom. The van der Waals surface area contributed by atoms with Gasteiger partial charge < -0.3 is 15.5 Å². The molecule has 3 rings (SSSR count). The molecule has 0 radical (unpaired) electrons. The van der Waals surface area contributed by atoms with E-state index in [9.17, 15) is 10.2 Å². The lowest BCUT2D eigenvalue weighted by Crippen LogP contribution is -2.27. The molecule has 3 heteroatoms. The fourth-order valence-electron chi connectivity index (χ4n) is 2.80. The molecule has 3 nitrogen and oxygen atoms in total. The molecule has 0 saturated carbocycles. The molecular weight excluding hydrogens is 298 g/mol. The molecule has 3 N–H and O–H groups in total. The molecule has 0 saturated heterocycles. The first-order chi connectivity index (χ1) is 11.8. The number of benzene rings is 3. The molecule has 3 aromatic rings. The smallest absolute Gasteiger partial charge is 0.120 e. The van der Waals surface area contributed by atoms with Gasteiger partial charge in [0.2, 0.25) is 0 Å². The number of aliphatic hydroxyl groups is 1. The first-order valence-electron chi connectivity index (χ1n) is 8.04. The first-order valence-corrected chi connectivity index (χ1v) is 8.04. The number of rotatable bonds is 6. The van der Waals surface area contributed by atoms with Crippen LogP contribution >= 0.6 is 0 Å². The molecule has 2 atom stereocenters. The van der Waals surface area contributed by atoms with Crippen molar-refractivity contribution in [3.05, 3.63) is 102 Å². The minimum Gasteiger partial charge on any atom is -0.508 e. The predicted octanol–water partition coefficient (Wildman–Crippen LogP) is 3.96. The summed E-state index contributed by atoms with van der Waals surface area (Å²) in [6, 6.07) is 26.4. The van der Waals surface area contributed by atoms with Gasteiger partial charge in [-0.25, -0.2) is 0 Å². The second kappa shape index (κ2) is 7.77. The van der Waals surface area contributed by atoms with Gasteiger partial charge in [-0.3, -0.25) is 0 Å². The summed E-state index contributed by atoms with van der Waals surface area (Å²) >= 11 is 0. The van der Waals surface area contributed by atoms with E-state index < -0.39 is 6.10 Å². The lowest BCUT2D eigenvalue weighted by molar-refractivity contribution is 0.127. The summed E-state index contributed by atoms with van der Waals surface area (Å²) in [4.78, 5) is 0. The molecule has 122 valence electrons. The van der Waals surface area contributed by atoms with E-state index in [2.05, 4.69) is 5.32 Å². The molecule has 0 aliphatic rings. The van der Waals surface area contributed by atoms with Gasteiger partial charge in [0.15, 0.2) is 0 Å². The Labute approximate surface area is 142 Å². The van der Waals surface area contributed by atoms with Gasteiger partial charge in [-0.1, -0.05) is 78.9 Å². The van der Waals surface area contributed by atoms with Crippen LogP contribution in [0, 0.1) is 0 Å². The normalized spacial score (nSPS) is 13.4. The van der Waals surface area contributed by atoms with Gasteiger partial charge in [-0.2, -0.15) is 0 Å². The van der Waals surface area contributed by atoms with Gasteiger partial charge >= 0.3 is 0 Å². The van der Waals surface area contributed by atoms with Crippen LogP contribution in [-0.2, 0) is 6.54 Å². The highest BCUT2D eigenvalue weighted by molar-refractivity contribution is 5.32. The molecule has 2 unspecified atom stereocenters. The molecule has 0 aliphatic carbocycles. The molecule has 0 aliphatic heterocycles. The number of hydrogen-bond donors (Lipinski definition) is 3. The van der Waals surface area contributed by atoms with E-state index in [4.69, 9.17) is 0 Å². The lowest BCUT2D eigenvalue weighted by atomic mass is 9.95. The summed E-state index contributed by atoms with van der Waals surface area (Å²) in [5, 5.41) is 24.2. The van der Waals surface area contributed by atoms with Crippen molar-refractivity contribution in [1.82, 2.24) is 5.32 Å². The van der Waals surface area contributed by atoms with E-state index in [0.717, 1.165) is 16.7 Å². The average molecular weight is 319 g/mol. The molecule has 0 heterocycles. The highest BCUT2D eigenvalue weighted by Crippen LogP contribution is 2.29. The Kier molecular flexibility index (Phi) is 5.26. The Balaban J connectivity index is 1.84. The SMILES string of the molecule is Oc1ccccc1CNC(c1ccccc1)C(O)c1ccccc1. The largest absolute Gasteiger partial charge is 0.508 e. The van der Waals surface area contributed by atoms with Crippen LogP contribution in [-0.4, -0.2) is 10.2 Å². The fourth-order valence-corrected chi connectivity index (χ4v) is 2.80. The van der Waals surface area contributed by atoms with E-state index >= 15 is 0 Å². The van der Waals surface area contributed by atoms with Gasteiger partial charge in [0.1, 0.15) is 5.75 Å². The van der Waals surface area contributed by atoms with Crippen molar-refractivity contribution in [3.63, 3.8) is 0 Å². The van der Waals surface area contributed by atoms with Crippen molar-refractivity contribution >= 4 is 0 Å². The van der Waals surface area contributed by atoms with Crippen molar-refractivity contribution in [3.8, 4) is 5.75 Å². The molecule has 0 spiro atoms. The van der Waals surface area contributed by atoms with Crippen LogP contribution < -0.4 is 5.32 Å². The Morgan fingerprint density at radius 1 is 0.708 bits per heavy atom. The van der Waals surface area contributed by atoms with Gasteiger partial charge in [0, 0.05) is 12.1 Å². The third-order valence-electron chi connectivity index (χ3n) is 4.12. The van der Waals surface area contributed by atoms with Gasteiger partial charge in [0.05, 0.1) is 12.1 Å². The van der Waals surface area contributed by atoms with Crippen LogP contribution in [0.3, 0.4) is 0 Å². The number of nitrogens with one attached hydrogen (secondary N) is 1. The highest BCUT2D eigenvalue weighted by atomic mass is 16.3. The van der Waals surface area contributed by atoms with Crippen molar-refractivity contribution in [2.75, 3.05) is 0 Å². The molecule has 0 bridgehead atoms. The topological polar surface area (TPSA) is 52.5 Å². The molecule has 24 heavy (non-hydrogen) atoms. The summed E-state index contributed by atoms with van der Waals surface area (Å²) < 4.78 is 0. The van der Waals surface area contributed by atoms with Gasteiger partial charge in [-0.15, -0.1) is 0 Å². The average Bonchev–Trinajstić information content (AvgIpc) is 2.65. The van der Waals surface area contributed by atoms with E-state index in [1.807, 2.05) is 72.8 Å². The molecule has 0 fully saturated rings. The second-order valence-corrected chi connectivity index (χ2v) is 5.75. The molecular formula is C21H21NO2. The lowest BCUT2D eigenvalue weighted by Gasteiger charge is -2.25. The van der Waals surface area contributed by atoms with E-state index in [-0.39, 0.29) is 11.8 Å². The molecule has 0 amide bonds. The van der Waals surface area contributed by atoms with Gasteiger partial charge in [0.25, 0.3) is 0 Å². The van der Waals surface area contributed by atoms with E-state index in [0.29, 0.717) is 6.54 Å². The van der Waals surface area contributed by atoms with E-state index in [1.165, 1.54) is 0 Å². The van der Waals surface area contributed by atoms with Crippen LogP contribution in [0.5, 0.6) is 5.75 Å². The zero-order valence-corrected chi connectivity index (χ0v) is 13.3. The summed E-state index contributed by atoms with van der Waals surface area (Å²) in [7, 11) is 0. The van der Waals surface area contributed by atoms with Crippen LogP contribution in [0.2, 0.25) is 0 Å². The number of para-hydroxylation sites is 1. The summed E-state index contributed by atoms with van der Waals surface area (Å²) in [6.07, 6.45) is -0.681. The zero-order valence-electron chi connectivity index (χ0n) is 13.3. The summed E-state index contributed by atoms with van der Waals surface area (Å²) in [5.74, 6) is 0.256. The number of hydrogen-bond acceptors (Lipinski definition) is 3. The number of phenolic OH excluding ortho intramolecular Hbond substituents is 1. The minimum atomic E-state index is -0.681. The second-order valence-electron chi connectivity index (χ2n) is 5.75. The Bertz CT molecular complexity index is 759. The summed E-state index contributed by atoms with van der Waals surface area (Å²) in [6.45, 7) is 0.468. The third kappa shape index (κ3) is 3.82. The number of aliphatic hydroxyl groups excluding tert-OH is 1. The zero-order chi connectivity index (χ0) is 16.8. The monoisotopic (exact) mass is 319 g/mol. The predicted molar refractivity (Wildman–Crippen MR) is 95.5 cm³/mol. The van der Waals surface area contributed by atoms with Crippen LogP contribution in [0.25, 0.3) is 0 Å². The number of aromatic hydroxyl groups is 1. The minimum absolute atomic E-state index is 0.256. The van der Waals surface area contributed by atoms with Crippen LogP contribution in [0.1, 0.15) is 28.8 Å². The van der Waals surface area contributed by atoms with Gasteiger partial charge in [-0.05, 0) is 17.2 Å². The quantitative estimate of drug-likeness (QED) is 0.645. The van der Waals surface area contributed by atoms with Crippen molar-refractivity contribution in [2.45, 2.75) is 18.7 Å². The fraction of sp³-hybridized carbons (Fsp3) is 0.143. The van der Waals surface area contributed by atoms with Crippen molar-refractivity contribution < 1.29 is 10.2 Å². The van der Waals surface area contributed by atoms with Crippen LogP contribution in [0.4, 0.5) is 0 Å². The van der Waals surface area contributed by atoms with Crippen molar-refractivity contribution in [2.24, 2.45) is 0 Å². The Morgan fingerprint density at radius 2 is 1.25 bits per heavy atom. The first kappa shape index (κ1) is 16.2. The Hall–Kier alpha value is -2.62. The standard InChI is InChI=1S/C21H21NO2/c23-19-14-8-7-13-18(19)15-22-20(16-9-3-1-4-10-16)21(24)17-11-5-2-6-12-17/h1-14,20-24H,15H2. The van der Waals surface area contributed by atoms with E-state index in [1.54, 1.807) is 12.1 Å². The maximum atomic E-state index is 10.9. The molecule has 0 aromatic heterocycles. The maximum absolute atomic E-state index is 10.9.